The molecule has 1 aromatic carbocycles. The van der Waals surface area contributed by atoms with Crippen LogP contribution in [0.2, 0.25) is 0 Å². The van der Waals surface area contributed by atoms with Crippen LogP contribution in [-0.2, 0) is 0 Å². The van der Waals surface area contributed by atoms with Gasteiger partial charge in [0.15, 0.2) is 17.3 Å². The van der Waals surface area contributed by atoms with Crippen LogP contribution in [0.3, 0.4) is 0 Å². The number of carbonyl (C=O) groups is 1. The van der Waals surface area contributed by atoms with Gasteiger partial charge in [-0.3, -0.25) is 4.79 Å². The molecule has 0 atom stereocenters. The molecular weight excluding hydrogens is 236 g/mol. The van der Waals surface area contributed by atoms with E-state index in [-0.39, 0.29) is 22.8 Å². The molecule has 0 spiro atoms. The Balaban J connectivity index is 2.50. The molecule has 0 amide bonds. The summed E-state index contributed by atoms with van der Waals surface area (Å²) in [6, 6.07) is 4.57. The third-order valence-corrected chi connectivity index (χ3v) is 2.55. The van der Waals surface area contributed by atoms with Crippen molar-refractivity contribution in [3.05, 3.63) is 41.9 Å². The van der Waals surface area contributed by atoms with E-state index in [1.54, 1.807) is 6.07 Å². The second kappa shape index (κ2) is 4.83. The first-order valence-corrected chi connectivity index (χ1v) is 5.20. The maximum atomic E-state index is 12.1. The molecule has 1 aromatic heterocycles. The number of rotatable bonds is 4. The van der Waals surface area contributed by atoms with Gasteiger partial charge >= 0.3 is 0 Å². The third-order valence-electron chi connectivity index (χ3n) is 2.55. The van der Waals surface area contributed by atoms with Crippen LogP contribution in [0.5, 0.6) is 17.2 Å². The Morgan fingerprint density at radius 1 is 1.22 bits per heavy atom. The van der Waals surface area contributed by atoms with E-state index in [1.165, 1.54) is 38.9 Å². The van der Waals surface area contributed by atoms with E-state index >= 15 is 0 Å². The van der Waals surface area contributed by atoms with Crippen molar-refractivity contribution in [2.75, 3.05) is 14.2 Å². The van der Waals surface area contributed by atoms with Crippen molar-refractivity contribution >= 4 is 5.78 Å². The van der Waals surface area contributed by atoms with Gasteiger partial charge in [-0.05, 0) is 18.2 Å². The third kappa shape index (κ3) is 1.90. The molecule has 0 aliphatic heterocycles. The fraction of sp³-hybridized carbons (Fsp3) is 0.154. The number of carbonyl (C=O) groups excluding carboxylic acids is 1. The lowest BCUT2D eigenvalue weighted by molar-refractivity contribution is 0.103. The molecule has 18 heavy (non-hydrogen) atoms. The summed E-state index contributed by atoms with van der Waals surface area (Å²) < 4.78 is 14.9. The van der Waals surface area contributed by atoms with Crippen LogP contribution in [-0.4, -0.2) is 25.1 Å². The topological polar surface area (TPSA) is 68.9 Å². The van der Waals surface area contributed by atoms with Crippen molar-refractivity contribution in [1.29, 1.82) is 0 Å². The number of hydrogen-bond acceptors (Lipinski definition) is 5. The molecule has 1 heterocycles. The van der Waals surface area contributed by atoms with E-state index in [2.05, 4.69) is 0 Å². The summed E-state index contributed by atoms with van der Waals surface area (Å²) in [4.78, 5) is 12.1. The standard InChI is InChI=1S/C13H12O5/c1-16-10-4-3-9(12(15)13(10)17-2)11(14)8-5-6-18-7-8/h3-7,15H,1-2H3. The molecule has 0 aliphatic carbocycles. The van der Waals surface area contributed by atoms with Crippen molar-refractivity contribution in [3.63, 3.8) is 0 Å². The molecule has 0 radical (unpaired) electrons. The molecule has 94 valence electrons. The van der Waals surface area contributed by atoms with Crippen molar-refractivity contribution in [2.45, 2.75) is 0 Å². The van der Waals surface area contributed by atoms with E-state index in [4.69, 9.17) is 13.9 Å². The first-order chi connectivity index (χ1) is 8.69. The van der Waals surface area contributed by atoms with Crippen LogP contribution in [0, 0.1) is 0 Å². The Kier molecular flexibility index (Phi) is 3.23. The summed E-state index contributed by atoms with van der Waals surface area (Å²) >= 11 is 0. The predicted octanol–water partition coefficient (Wildman–Crippen LogP) is 2.23. The van der Waals surface area contributed by atoms with Crippen LogP contribution < -0.4 is 9.47 Å². The van der Waals surface area contributed by atoms with Crippen LogP contribution in [0.1, 0.15) is 15.9 Å². The maximum absolute atomic E-state index is 12.1. The molecule has 0 fully saturated rings. The van der Waals surface area contributed by atoms with E-state index in [0.717, 1.165) is 0 Å². The SMILES string of the molecule is COc1ccc(C(=O)c2ccoc2)c(O)c1OC. The molecule has 0 bridgehead atoms. The van der Waals surface area contributed by atoms with Gasteiger partial charge in [0.25, 0.3) is 0 Å². The average Bonchev–Trinajstić information content (AvgIpc) is 2.91. The number of ether oxygens (including phenoxy) is 2. The second-order valence-corrected chi connectivity index (χ2v) is 3.54. The summed E-state index contributed by atoms with van der Waals surface area (Å²) in [5.74, 6) is -0.101. The first-order valence-electron chi connectivity index (χ1n) is 5.20. The number of ketones is 1. The second-order valence-electron chi connectivity index (χ2n) is 3.54. The molecular formula is C13H12O5. The van der Waals surface area contributed by atoms with Gasteiger partial charge in [0, 0.05) is 0 Å². The molecule has 2 aromatic rings. The Morgan fingerprint density at radius 3 is 2.56 bits per heavy atom. The molecule has 0 aliphatic rings. The molecule has 0 saturated carbocycles. The van der Waals surface area contributed by atoms with Gasteiger partial charge in [-0.25, -0.2) is 0 Å². The monoisotopic (exact) mass is 248 g/mol. The summed E-state index contributed by atoms with van der Waals surface area (Å²) in [5, 5.41) is 10.0. The van der Waals surface area contributed by atoms with Crippen LogP contribution in [0.15, 0.2) is 35.1 Å². The Morgan fingerprint density at radius 2 is 2.00 bits per heavy atom. The predicted molar refractivity (Wildman–Crippen MR) is 63.4 cm³/mol. The lowest BCUT2D eigenvalue weighted by Crippen LogP contribution is -2.02. The number of methoxy groups -OCH3 is 2. The zero-order chi connectivity index (χ0) is 13.1. The maximum Gasteiger partial charge on any atom is 0.203 e. The van der Waals surface area contributed by atoms with Gasteiger partial charge in [0.1, 0.15) is 6.26 Å². The highest BCUT2D eigenvalue weighted by Crippen LogP contribution is 2.39. The molecule has 2 rings (SSSR count). The molecule has 1 N–H and O–H groups in total. The molecule has 5 nitrogen and oxygen atoms in total. The molecule has 5 heteroatoms. The zero-order valence-corrected chi connectivity index (χ0v) is 9.97. The smallest absolute Gasteiger partial charge is 0.203 e. The van der Waals surface area contributed by atoms with Crippen molar-refractivity contribution in [1.82, 2.24) is 0 Å². The summed E-state index contributed by atoms with van der Waals surface area (Å²) in [6.45, 7) is 0. The minimum Gasteiger partial charge on any atom is -0.504 e. The minimum atomic E-state index is -0.345. The lowest BCUT2D eigenvalue weighted by atomic mass is 10.0. The Hall–Kier alpha value is -2.43. The van der Waals surface area contributed by atoms with Gasteiger partial charge in [-0.2, -0.15) is 0 Å². The summed E-state index contributed by atoms with van der Waals surface area (Å²) in [5.41, 5.74) is 0.492. The van der Waals surface area contributed by atoms with Gasteiger partial charge in [-0.15, -0.1) is 0 Å². The summed E-state index contributed by atoms with van der Waals surface area (Å²) in [7, 11) is 2.85. The van der Waals surface area contributed by atoms with Crippen molar-refractivity contribution in [2.24, 2.45) is 0 Å². The highest BCUT2D eigenvalue weighted by Gasteiger charge is 2.20. The highest BCUT2D eigenvalue weighted by molar-refractivity contribution is 6.11. The normalized spacial score (nSPS) is 10.1. The van der Waals surface area contributed by atoms with E-state index in [1.807, 2.05) is 0 Å². The van der Waals surface area contributed by atoms with E-state index in [0.29, 0.717) is 11.3 Å². The van der Waals surface area contributed by atoms with Crippen molar-refractivity contribution in [3.8, 4) is 17.2 Å². The quantitative estimate of drug-likeness (QED) is 0.840. The van der Waals surface area contributed by atoms with E-state index < -0.39 is 0 Å². The van der Waals surface area contributed by atoms with Gasteiger partial charge < -0.3 is 19.0 Å². The van der Waals surface area contributed by atoms with Crippen LogP contribution in [0.25, 0.3) is 0 Å². The average molecular weight is 248 g/mol. The lowest BCUT2D eigenvalue weighted by Gasteiger charge is -2.11. The van der Waals surface area contributed by atoms with E-state index in [9.17, 15) is 9.90 Å². The Bertz CT molecular complexity index is 557. The fourth-order valence-corrected chi connectivity index (χ4v) is 1.64. The molecule has 0 unspecified atom stereocenters. The van der Waals surface area contributed by atoms with Crippen LogP contribution in [0.4, 0.5) is 0 Å². The zero-order valence-electron chi connectivity index (χ0n) is 9.97. The number of phenolic OH excluding ortho intramolecular Hbond substituents is 1. The largest absolute Gasteiger partial charge is 0.504 e. The first kappa shape index (κ1) is 12.0. The van der Waals surface area contributed by atoms with Crippen LogP contribution >= 0.6 is 0 Å². The van der Waals surface area contributed by atoms with Gasteiger partial charge in [-0.1, -0.05) is 0 Å². The van der Waals surface area contributed by atoms with Crippen molar-refractivity contribution < 1.29 is 23.8 Å². The minimum absolute atomic E-state index is 0.131. The summed E-state index contributed by atoms with van der Waals surface area (Å²) in [6.07, 6.45) is 2.71. The number of benzene rings is 1. The Labute approximate surface area is 104 Å². The number of furan rings is 1. The number of phenols is 1. The van der Waals surface area contributed by atoms with Gasteiger partial charge in [0.05, 0.1) is 31.6 Å². The highest BCUT2D eigenvalue weighted by atomic mass is 16.5. The molecule has 0 saturated heterocycles. The number of hydrogen-bond donors (Lipinski definition) is 1. The fourth-order valence-electron chi connectivity index (χ4n) is 1.64. The van der Waals surface area contributed by atoms with Gasteiger partial charge in [0.2, 0.25) is 5.75 Å². The number of aromatic hydroxyl groups is 1.